The highest BCUT2D eigenvalue weighted by Gasteiger charge is 2.04. The predicted molar refractivity (Wildman–Crippen MR) is 60.0 cm³/mol. The quantitative estimate of drug-likeness (QED) is 0.596. The van der Waals surface area contributed by atoms with E-state index in [1.54, 1.807) is 18.2 Å². The van der Waals surface area contributed by atoms with Crippen molar-refractivity contribution in [3.05, 3.63) is 41.8 Å². The standard InChI is InChI=1S/C11H11FN4/c1-7-5-10(15-11(14-7)16-13)8-3-2-4-9(12)6-8/h2-6H,13H2,1H3,(H,14,15,16). The first-order valence-corrected chi connectivity index (χ1v) is 4.77. The Kier molecular flexibility index (Phi) is 2.78. The number of hydrogen-bond acceptors (Lipinski definition) is 4. The van der Waals surface area contributed by atoms with E-state index < -0.39 is 0 Å². The molecule has 0 bridgehead atoms. The normalized spacial score (nSPS) is 10.2. The van der Waals surface area contributed by atoms with Gasteiger partial charge in [0.05, 0.1) is 5.69 Å². The van der Waals surface area contributed by atoms with E-state index in [2.05, 4.69) is 15.4 Å². The van der Waals surface area contributed by atoms with E-state index in [-0.39, 0.29) is 5.82 Å². The highest BCUT2D eigenvalue weighted by molar-refractivity contribution is 5.60. The summed E-state index contributed by atoms with van der Waals surface area (Å²) >= 11 is 0. The zero-order valence-electron chi connectivity index (χ0n) is 8.74. The number of nitrogen functional groups attached to an aromatic ring is 1. The summed E-state index contributed by atoms with van der Waals surface area (Å²) in [5.41, 5.74) is 4.48. The average Bonchev–Trinajstić information content (AvgIpc) is 2.28. The maximum atomic E-state index is 13.1. The van der Waals surface area contributed by atoms with Crippen molar-refractivity contribution >= 4 is 5.95 Å². The summed E-state index contributed by atoms with van der Waals surface area (Å²) in [6, 6.07) is 8.00. The molecule has 0 radical (unpaired) electrons. The molecule has 0 saturated heterocycles. The SMILES string of the molecule is Cc1cc(-c2cccc(F)c2)nc(NN)n1. The predicted octanol–water partition coefficient (Wildman–Crippen LogP) is 1.88. The third-order valence-electron chi connectivity index (χ3n) is 2.10. The monoisotopic (exact) mass is 218 g/mol. The molecule has 1 heterocycles. The lowest BCUT2D eigenvalue weighted by Gasteiger charge is -2.05. The van der Waals surface area contributed by atoms with Crippen LogP contribution < -0.4 is 11.3 Å². The van der Waals surface area contributed by atoms with Crippen molar-refractivity contribution in [2.75, 3.05) is 5.43 Å². The van der Waals surface area contributed by atoms with Gasteiger partial charge in [0.1, 0.15) is 5.82 Å². The Morgan fingerprint density at radius 2 is 2.06 bits per heavy atom. The van der Waals surface area contributed by atoms with Gasteiger partial charge in [-0.3, -0.25) is 5.43 Å². The third kappa shape index (κ3) is 2.14. The number of rotatable bonds is 2. The first-order chi connectivity index (χ1) is 7.69. The number of nitrogens with zero attached hydrogens (tertiary/aromatic N) is 2. The number of hydrazine groups is 1. The summed E-state index contributed by atoms with van der Waals surface area (Å²) in [5.74, 6) is 5.27. The largest absolute Gasteiger partial charge is 0.292 e. The average molecular weight is 218 g/mol. The molecule has 0 unspecified atom stereocenters. The van der Waals surface area contributed by atoms with Gasteiger partial charge < -0.3 is 0 Å². The van der Waals surface area contributed by atoms with E-state index in [0.29, 0.717) is 17.2 Å². The number of hydrogen-bond donors (Lipinski definition) is 2. The van der Waals surface area contributed by atoms with Crippen molar-refractivity contribution in [1.82, 2.24) is 9.97 Å². The third-order valence-corrected chi connectivity index (χ3v) is 2.10. The molecule has 1 aromatic carbocycles. The molecule has 0 aliphatic heterocycles. The number of anilines is 1. The van der Waals surface area contributed by atoms with E-state index in [1.165, 1.54) is 12.1 Å². The molecule has 5 heteroatoms. The van der Waals surface area contributed by atoms with Crippen LogP contribution in [0.3, 0.4) is 0 Å². The number of aromatic nitrogens is 2. The summed E-state index contributed by atoms with van der Waals surface area (Å²) < 4.78 is 13.1. The Bertz CT molecular complexity index is 513. The summed E-state index contributed by atoms with van der Waals surface area (Å²) in [7, 11) is 0. The second kappa shape index (κ2) is 4.24. The van der Waals surface area contributed by atoms with Gasteiger partial charge in [-0.15, -0.1) is 0 Å². The Balaban J connectivity index is 2.51. The molecule has 3 N–H and O–H groups in total. The van der Waals surface area contributed by atoms with E-state index in [4.69, 9.17) is 5.84 Å². The number of halogens is 1. The van der Waals surface area contributed by atoms with Crippen molar-refractivity contribution in [3.8, 4) is 11.3 Å². The molecule has 4 nitrogen and oxygen atoms in total. The number of benzene rings is 1. The van der Waals surface area contributed by atoms with Crippen LogP contribution in [0.2, 0.25) is 0 Å². The molecule has 1 aromatic heterocycles. The molecule has 2 aromatic rings. The van der Waals surface area contributed by atoms with Crippen molar-refractivity contribution in [3.63, 3.8) is 0 Å². The van der Waals surface area contributed by atoms with Crippen LogP contribution in [0.5, 0.6) is 0 Å². The van der Waals surface area contributed by atoms with Gasteiger partial charge in [0.15, 0.2) is 0 Å². The summed E-state index contributed by atoms with van der Waals surface area (Å²) in [6.45, 7) is 1.82. The minimum Gasteiger partial charge on any atom is -0.292 e. The highest BCUT2D eigenvalue weighted by atomic mass is 19.1. The van der Waals surface area contributed by atoms with Crippen LogP contribution in [0.15, 0.2) is 30.3 Å². The van der Waals surface area contributed by atoms with Gasteiger partial charge in [-0.25, -0.2) is 20.2 Å². The van der Waals surface area contributed by atoms with Crippen molar-refractivity contribution in [1.29, 1.82) is 0 Å². The molecule has 0 atom stereocenters. The van der Waals surface area contributed by atoms with Gasteiger partial charge >= 0.3 is 0 Å². The van der Waals surface area contributed by atoms with Crippen LogP contribution in [0.1, 0.15) is 5.69 Å². The second-order valence-corrected chi connectivity index (χ2v) is 3.37. The Morgan fingerprint density at radius 3 is 2.75 bits per heavy atom. The van der Waals surface area contributed by atoms with Gasteiger partial charge in [-0.1, -0.05) is 12.1 Å². The van der Waals surface area contributed by atoms with Crippen LogP contribution in [0, 0.1) is 12.7 Å². The fourth-order valence-corrected chi connectivity index (χ4v) is 1.43. The van der Waals surface area contributed by atoms with E-state index in [1.807, 2.05) is 6.92 Å². The van der Waals surface area contributed by atoms with Gasteiger partial charge in [0.25, 0.3) is 0 Å². The van der Waals surface area contributed by atoms with E-state index >= 15 is 0 Å². The zero-order chi connectivity index (χ0) is 11.5. The van der Waals surface area contributed by atoms with Crippen molar-refractivity contribution in [2.45, 2.75) is 6.92 Å². The van der Waals surface area contributed by atoms with Gasteiger partial charge in [-0.2, -0.15) is 0 Å². The molecular formula is C11H11FN4. The molecule has 2 rings (SSSR count). The second-order valence-electron chi connectivity index (χ2n) is 3.37. The summed E-state index contributed by atoms with van der Waals surface area (Å²) in [6.07, 6.45) is 0. The lowest BCUT2D eigenvalue weighted by molar-refractivity contribution is 0.628. The molecule has 0 amide bonds. The fourth-order valence-electron chi connectivity index (χ4n) is 1.43. The van der Waals surface area contributed by atoms with Gasteiger partial charge in [0, 0.05) is 11.3 Å². The minimum absolute atomic E-state index is 0.295. The molecule has 16 heavy (non-hydrogen) atoms. The highest BCUT2D eigenvalue weighted by Crippen LogP contribution is 2.19. The molecule has 82 valence electrons. The fraction of sp³-hybridized carbons (Fsp3) is 0.0909. The lowest BCUT2D eigenvalue weighted by atomic mass is 10.1. The van der Waals surface area contributed by atoms with Crippen molar-refractivity contribution in [2.24, 2.45) is 5.84 Å². The van der Waals surface area contributed by atoms with Crippen LogP contribution in [-0.4, -0.2) is 9.97 Å². The Morgan fingerprint density at radius 1 is 1.25 bits per heavy atom. The maximum Gasteiger partial charge on any atom is 0.237 e. The van der Waals surface area contributed by atoms with Gasteiger partial charge in [0.2, 0.25) is 5.95 Å². The molecule has 0 saturated carbocycles. The zero-order valence-corrected chi connectivity index (χ0v) is 8.74. The lowest BCUT2D eigenvalue weighted by Crippen LogP contribution is -2.11. The number of aryl methyl sites for hydroxylation is 1. The molecule has 0 fully saturated rings. The maximum absolute atomic E-state index is 13.1. The van der Waals surface area contributed by atoms with Crippen molar-refractivity contribution < 1.29 is 4.39 Å². The molecule has 0 spiro atoms. The number of nitrogens with two attached hydrogens (primary N) is 1. The molecule has 0 aliphatic rings. The number of nitrogens with one attached hydrogen (secondary N) is 1. The molecule has 0 aliphatic carbocycles. The minimum atomic E-state index is -0.295. The van der Waals surface area contributed by atoms with E-state index in [9.17, 15) is 4.39 Å². The first-order valence-electron chi connectivity index (χ1n) is 4.77. The van der Waals surface area contributed by atoms with Crippen LogP contribution in [-0.2, 0) is 0 Å². The Hall–Kier alpha value is -2.01. The first kappa shape index (κ1) is 10.5. The van der Waals surface area contributed by atoms with Crippen LogP contribution in [0.25, 0.3) is 11.3 Å². The van der Waals surface area contributed by atoms with E-state index in [0.717, 1.165) is 5.69 Å². The molecular weight excluding hydrogens is 207 g/mol. The summed E-state index contributed by atoms with van der Waals surface area (Å²) in [4.78, 5) is 8.21. The van der Waals surface area contributed by atoms with Gasteiger partial charge in [-0.05, 0) is 25.1 Å². The van der Waals surface area contributed by atoms with Crippen LogP contribution >= 0.6 is 0 Å². The Labute approximate surface area is 92.3 Å². The van der Waals surface area contributed by atoms with Crippen LogP contribution in [0.4, 0.5) is 10.3 Å². The topological polar surface area (TPSA) is 63.8 Å². The summed E-state index contributed by atoms with van der Waals surface area (Å²) in [5, 5.41) is 0. The smallest absolute Gasteiger partial charge is 0.237 e.